The maximum atomic E-state index is 13.2. The maximum Gasteiger partial charge on any atom is 0.432 e. The molecule has 0 aliphatic carbocycles. The summed E-state index contributed by atoms with van der Waals surface area (Å²) in [6.45, 7) is 0. The Hall–Kier alpha value is -1.62. The van der Waals surface area contributed by atoms with Gasteiger partial charge in [0.05, 0.1) is 5.56 Å². The molecule has 4 radical (unpaired) electrons. The molecule has 0 heterocycles. The number of halogens is 5. The van der Waals surface area contributed by atoms with E-state index in [0.717, 1.165) is 18.2 Å². The van der Waals surface area contributed by atoms with Crippen molar-refractivity contribution in [2.24, 2.45) is 0 Å². The third kappa shape index (κ3) is 4.44. The van der Waals surface area contributed by atoms with Crippen LogP contribution in [0.2, 0.25) is 0 Å². The number of alkyl halides is 5. The first-order valence-corrected chi connectivity index (χ1v) is 6.84. The molecule has 0 aliphatic heterocycles. The van der Waals surface area contributed by atoms with Crippen molar-refractivity contribution < 1.29 is 44.5 Å². The highest BCUT2D eigenvalue weighted by molar-refractivity contribution is 7.86. The van der Waals surface area contributed by atoms with Gasteiger partial charge >= 0.3 is 17.4 Å². The van der Waals surface area contributed by atoms with E-state index in [1.54, 1.807) is 0 Å². The Bertz CT molecular complexity index is 699. The lowest BCUT2D eigenvalue weighted by Gasteiger charge is -2.29. The summed E-state index contributed by atoms with van der Waals surface area (Å²) in [7, 11) is 3.77. The van der Waals surface area contributed by atoms with Gasteiger partial charge in [0.2, 0.25) is 0 Å². The van der Waals surface area contributed by atoms with Gasteiger partial charge in [0.25, 0.3) is 6.10 Å². The molecule has 5 nitrogen and oxygen atoms in total. The number of hydrogen-bond donors (Lipinski definition) is 0. The highest BCUT2D eigenvalue weighted by Gasteiger charge is 2.63. The third-order valence-corrected chi connectivity index (χ3v) is 3.25. The zero-order valence-corrected chi connectivity index (χ0v) is 11.6. The molecule has 0 fully saturated rings. The molecule has 0 aromatic heterocycles. The molecule has 0 aliphatic rings. The zero-order valence-electron chi connectivity index (χ0n) is 10.8. The van der Waals surface area contributed by atoms with Gasteiger partial charge in [0, 0.05) is 0 Å². The smallest absolute Gasteiger partial charge is 0.432 e. The maximum absolute atomic E-state index is 13.2. The summed E-state index contributed by atoms with van der Waals surface area (Å²) in [6.07, 6.45) is -10.5. The molecule has 0 saturated carbocycles. The molecular weight excluding hydrogens is 349 g/mol. The van der Waals surface area contributed by atoms with Crippen molar-refractivity contribution in [3.63, 3.8) is 0 Å². The summed E-state index contributed by atoms with van der Waals surface area (Å²) in [5.41, 5.74) is -1.12. The van der Waals surface area contributed by atoms with Gasteiger partial charge in [-0.25, -0.2) is 13.2 Å². The highest BCUT2D eigenvalue weighted by atomic mass is 32.2. The van der Waals surface area contributed by atoms with Crippen LogP contribution in [-0.2, 0) is 14.9 Å². The minimum Gasteiger partial charge on any atom is -0.743 e. The predicted octanol–water partition coefficient (Wildman–Crippen LogP) is -0.500. The van der Waals surface area contributed by atoms with Gasteiger partial charge in [-0.3, -0.25) is 0 Å². The molecule has 23 heavy (non-hydrogen) atoms. The van der Waals surface area contributed by atoms with Crippen molar-refractivity contribution in [2.75, 3.05) is 0 Å². The van der Waals surface area contributed by atoms with Crippen molar-refractivity contribution in [2.45, 2.75) is 17.5 Å². The fourth-order valence-corrected chi connectivity index (χ4v) is 1.87. The molecule has 1 unspecified atom stereocenters. The molecule has 0 amide bonds. The van der Waals surface area contributed by atoms with Crippen molar-refractivity contribution in [1.82, 2.24) is 0 Å². The fraction of sp³-hybridized carbons (Fsp3) is 0.300. The van der Waals surface area contributed by atoms with Crippen molar-refractivity contribution in [3.05, 3.63) is 23.8 Å². The number of rotatable bonds is 4. The lowest BCUT2D eigenvalue weighted by atomic mass is 9.85. The van der Waals surface area contributed by atoms with Crippen LogP contribution in [0.15, 0.2) is 18.2 Å². The Labute approximate surface area is 129 Å². The molecule has 1 atom stereocenters. The molecule has 1 aromatic carbocycles. The molecule has 122 valence electrons. The minimum absolute atomic E-state index is 0.191. The van der Waals surface area contributed by atoms with Gasteiger partial charge in [-0.15, -0.1) is 0 Å². The molecule has 1 aromatic rings. The monoisotopic (exact) mass is 353 g/mol. The van der Waals surface area contributed by atoms with E-state index in [-0.39, 0.29) is 10.9 Å². The van der Waals surface area contributed by atoms with Gasteiger partial charge in [0.1, 0.15) is 15.7 Å². The number of carbonyl (C=O) groups is 1. The first kappa shape index (κ1) is 19.4. The summed E-state index contributed by atoms with van der Waals surface area (Å²) < 4.78 is 98.6. The topological polar surface area (TPSA) is 83.5 Å². The Morgan fingerprint density at radius 1 is 1.09 bits per heavy atom. The standard InChI is InChI=1S/C10H5B2F5O5S/c11-5-1-4(2-6(12)3-5)7(18)22-8(9(13,14)15)10(16,17)23(19,20)21/h1-3,8H,(H,19,20,21)/p-1. The predicted molar refractivity (Wildman–Crippen MR) is 67.1 cm³/mol. The SMILES string of the molecule is [B]c1cc([B])cc(C(=O)OC(C(F)(F)F)C(F)(F)S(=O)(=O)[O-])c1. The van der Waals surface area contributed by atoms with E-state index in [9.17, 15) is 39.7 Å². The Kier molecular flexibility index (Phi) is 5.16. The van der Waals surface area contributed by atoms with E-state index in [4.69, 9.17) is 15.7 Å². The Morgan fingerprint density at radius 2 is 1.52 bits per heavy atom. The van der Waals surface area contributed by atoms with E-state index >= 15 is 0 Å². The average Bonchev–Trinajstić information content (AvgIpc) is 2.31. The minimum atomic E-state index is -6.76. The lowest BCUT2D eigenvalue weighted by molar-refractivity contribution is -0.248. The molecule has 1 rings (SSSR count). The number of benzene rings is 1. The summed E-state index contributed by atoms with van der Waals surface area (Å²) >= 11 is 0. The van der Waals surface area contributed by atoms with Gasteiger partial charge < -0.3 is 9.29 Å². The molecule has 0 N–H and O–H groups in total. The van der Waals surface area contributed by atoms with Crippen LogP contribution < -0.4 is 10.9 Å². The average molecular weight is 353 g/mol. The second-order valence-electron chi connectivity index (χ2n) is 4.23. The number of esters is 1. The van der Waals surface area contributed by atoms with Crippen LogP contribution in [0.5, 0.6) is 0 Å². The fourth-order valence-electron chi connectivity index (χ4n) is 1.43. The van der Waals surface area contributed by atoms with Crippen molar-refractivity contribution in [1.29, 1.82) is 0 Å². The summed E-state index contributed by atoms with van der Waals surface area (Å²) in [4.78, 5) is 11.5. The van der Waals surface area contributed by atoms with E-state index in [1.807, 2.05) is 0 Å². The quantitative estimate of drug-likeness (QED) is 0.316. The number of hydrogen-bond acceptors (Lipinski definition) is 5. The molecule has 0 saturated heterocycles. The summed E-state index contributed by atoms with van der Waals surface area (Å²) in [6, 6.07) is 2.63. The third-order valence-electron chi connectivity index (χ3n) is 2.37. The summed E-state index contributed by atoms with van der Waals surface area (Å²) in [5, 5.41) is -5.92. The summed E-state index contributed by atoms with van der Waals surface area (Å²) in [5.74, 6) is -1.99. The van der Waals surface area contributed by atoms with Crippen LogP contribution in [0.4, 0.5) is 22.0 Å². The molecule has 0 bridgehead atoms. The van der Waals surface area contributed by atoms with E-state index in [1.165, 1.54) is 0 Å². The normalized spacial score (nSPS) is 14.3. The second-order valence-corrected chi connectivity index (χ2v) is 5.68. The van der Waals surface area contributed by atoms with E-state index < -0.39 is 39.2 Å². The van der Waals surface area contributed by atoms with Crippen LogP contribution in [0, 0.1) is 0 Å². The van der Waals surface area contributed by atoms with Gasteiger partial charge in [-0.2, -0.15) is 22.0 Å². The van der Waals surface area contributed by atoms with Gasteiger partial charge in [-0.05, 0) is 0 Å². The second kappa shape index (κ2) is 6.11. The molecule has 13 heteroatoms. The Morgan fingerprint density at radius 3 is 1.87 bits per heavy atom. The molecule has 0 spiro atoms. The lowest BCUT2D eigenvalue weighted by Crippen LogP contribution is -2.52. The van der Waals surface area contributed by atoms with Crippen LogP contribution in [0.3, 0.4) is 0 Å². The first-order valence-electron chi connectivity index (χ1n) is 5.43. The number of ether oxygens (including phenoxy) is 1. The number of carbonyl (C=O) groups excluding carboxylic acids is 1. The Balaban J connectivity index is 3.25. The van der Waals surface area contributed by atoms with Crippen LogP contribution >= 0.6 is 0 Å². The van der Waals surface area contributed by atoms with Crippen LogP contribution in [0.25, 0.3) is 0 Å². The largest absolute Gasteiger partial charge is 0.743 e. The molecular formula is C10H4B2F5O5S-. The first-order chi connectivity index (χ1) is 10.2. The van der Waals surface area contributed by atoms with Crippen LogP contribution in [0.1, 0.15) is 10.4 Å². The highest BCUT2D eigenvalue weighted by Crippen LogP contribution is 2.38. The zero-order chi connectivity index (χ0) is 18.2. The van der Waals surface area contributed by atoms with Crippen LogP contribution in [-0.4, -0.2) is 52.2 Å². The van der Waals surface area contributed by atoms with Gasteiger partial charge in [-0.1, -0.05) is 29.1 Å². The van der Waals surface area contributed by atoms with Crippen molar-refractivity contribution >= 4 is 42.7 Å². The van der Waals surface area contributed by atoms with Gasteiger partial charge in [0.15, 0.2) is 10.1 Å². The van der Waals surface area contributed by atoms with Crippen molar-refractivity contribution in [3.8, 4) is 0 Å². The van der Waals surface area contributed by atoms with E-state index in [2.05, 4.69) is 4.74 Å². The van der Waals surface area contributed by atoms with E-state index in [0.29, 0.717) is 0 Å².